The molecule has 0 saturated carbocycles. The molecule has 1 fully saturated rings. The van der Waals surface area contributed by atoms with Crippen molar-refractivity contribution in [3.05, 3.63) is 22.8 Å². The molecule has 3 heterocycles. The van der Waals surface area contributed by atoms with Gasteiger partial charge < -0.3 is 19.0 Å². The predicted octanol–water partition coefficient (Wildman–Crippen LogP) is 1.75. The van der Waals surface area contributed by atoms with E-state index >= 15 is 0 Å². The van der Waals surface area contributed by atoms with Gasteiger partial charge in [-0.15, -0.1) is 0 Å². The maximum Gasteiger partial charge on any atom is 0.262 e. The van der Waals surface area contributed by atoms with E-state index in [-0.39, 0.29) is 6.04 Å². The van der Waals surface area contributed by atoms with E-state index in [1.807, 2.05) is 0 Å². The average molecular weight is 300 g/mol. The summed E-state index contributed by atoms with van der Waals surface area (Å²) in [6.45, 7) is 2.07. The fraction of sp³-hybridized carbons (Fsp3) is 0.400. The Morgan fingerprint density at radius 3 is 3.12 bits per heavy atom. The Kier molecular flexibility index (Phi) is 2.96. The van der Waals surface area contributed by atoms with E-state index < -0.39 is 0 Å². The zero-order valence-electron chi connectivity index (χ0n) is 8.85. The molecule has 7 heteroatoms. The second kappa shape index (κ2) is 4.59. The zero-order valence-corrected chi connectivity index (χ0v) is 10.4. The Morgan fingerprint density at radius 2 is 2.41 bits per heavy atom. The molecular weight excluding hydrogens is 290 g/mol. The van der Waals surface area contributed by atoms with E-state index in [1.54, 1.807) is 12.3 Å². The van der Waals surface area contributed by atoms with Gasteiger partial charge in [-0.3, -0.25) is 0 Å². The zero-order chi connectivity index (χ0) is 11.7. The van der Waals surface area contributed by atoms with Gasteiger partial charge in [-0.05, 0) is 22.0 Å². The first kappa shape index (κ1) is 10.9. The number of rotatable bonds is 2. The third-order valence-electron chi connectivity index (χ3n) is 2.52. The number of morpholine rings is 1. The minimum atomic E-state index is -0.00748. The second-order valence-electron chi connectivity index (χ2n) is 3.65. The molecule has 0 spiro atoms. The Bertz CT molecular complexity index is 504. The van der Waals surface area contributed by atoms with Crippen LogP contribution in [0, 0.1) is 0 Å². The van der Waals surface area contributed by atoms with Crippen molar-refractivity contribution in [2.45, 2.75) is 6.04 Å². The van der Waals surface area contributed by atoms with Gasteiger partial charge in [0.25, 0.3) is 5.89 Å². The number of aromatic nitrogens is 2. The molecule has 6 nitrogen and oxygen atoms in total. The van der Waals surface area contributed by atoms with Gasteiger partial charge in [0.05, 0.1) is 31.1 Å². The Labute approximate surface area is 105 Å². The molecule has 1 aliphatic heterocycles. The van der Waals surface area contributed by atoms with E-state index in [2.05, 4.69) is 31.4 Å². The molecule has 1 saturated heterocycles. The van der Waals surface area contributed by atoms with Crippen molar-refractivity contribution in [1.29, 1.82) is 0 Å². The molecule has 1 N–H and O–H groups in total. The second-order valence-corrected chi connectivity index (χ2v) is 4.37. The first-order valence-electron chi connectivity index (χ1n) is 5.22. The summed E-state index contributed by atoms with van der Waals surface area (Å²) in [4.78, 5) is 4.33. The highest BCUT2D eigenvalue weighted by Crippen LogP contribution is 2.28. The number of halogens is 1. The number of ether oxygens (including phenoxy) is 1. The highest BCUT2D eigenvalue weighted by molar-refractivity contribution is 9.10. The van der Waals surface area contributed by atoms with Crippen LogP contribution in [0.5, 0.6) is 0 Å². The van der Waals surface area contributed by atoms with Crippen molar-refractivity contribution >= 4 is 15.9 Å². The van der Waals surface area contributed by atoms with Crippen LogP contribution in [0.4, 0.5) is 0 Å². The average Bonchev–Trinajstić information content (AvgIpc) is 2.98. The van der Waals surface area contributed by atoms with E-state index in [9.17, 15) is 0 Å². The predicted molar refractivity (Wildman–Crippen MR) is 61.3 cm³/mol. The van der Waals surface area contributed by atoms with Crippen molar-refractivity contribution in [2.75, 3.05) is 19.8 Å². The summed E-state index contributed by atoms with van der Waals surface area (Å²) in [5.41, 5.74) is 0.750. The van der Waals surface area contributed by atoms with Crippen molar-refractivity contribution in [1.82, 2.24) is 15.5 Å². The third kappa shape index (κ3) is 2.13. The normalized spacial score (nSPS) is 20.6. The van der Waals surface area contributed by atoms with Crippen molar-refractivity contribution in [2.24, 2.45) is 0 Å². The summed E-state index contributed by atoms with van der Waals surface area (Å²) < 4.78 is 16.3. The fourth-order valence-electron chi connectivity index (χ4n) is 1.66. The lowest BCUT2D eigenvalue weighted by molar-refractivity contribution is 0.0734. The Hall–Kier alpha value is -1.18. The van der Waals surface area contributed by atoms with Crippen LogP contribution in [0.2, 0.25) is 0 Å². The fourth-order valence-corrected chi connectivity index (χ4v) is 2.07. The van der Waals surface area contributed by atoms with Crippen molar-refractivity contribution in [3.63, 3.8) is 0 Å². The van der Waals surface area contributed by atoms with Gasteiger partial charge in [-0.1, -0.05) is 5.16 Å². The van der Waals surface area contributed by atoms with Gasteiger partial charge >= 0.3 is 0 Å². The molecule has 0 amide bonds. The van der Waals surface area contributed by atoms with E-state index in [4.69, 9.17) is 13.7 Å². The van der Waals surface area contributed by atoms with Gasteiger partial charge in [-0.2, -0.15) is 4.98 Å². The molecule has 90 valence electrons. The lowest BCUT2D eigenvalue weighted by Gasteiger charge is -2.20. The van der Waals surface area contributed by atoms with E-state index in [0.29, 0.717) is 29.6 Å². The highest BCUT2D eigenvalue weighted by atomic mass is 79.9. The topological polar surface area (TPSA) is 73.3 Å². The molecular formula is C10H10BrN3O3. The summed E-state index contributed by atoms with van der Waals surface area (Å²) in [5, 5.41) is 7.21. The maximum atomic E-state index is 5.35. The van der Waals surface area contributed by atoms with Crippen LogP contribution in [-0.2, 0) is 4.74 Å². The van der Waals surface area contributed by atoms with Gasteiger partial charge in [0.15, 0.2) is 10.5 Å². The van der Waals surface area contributed by atoms with E-state index in [0.717, 1.165) is 12.1 Å². The lowest BCUT2D eigenvalue weighted by Crippen LogP contribution is -2.35. The van der Waals surface area contributed by atoms with Crippen LogP contribution >= 0.6 is 15.9 Å². The molecule has 0 bridgehead atoms. The quantitative estimate of drug-likeness (QED) is 0.911. The van der Waals surface area contributed by atoms with Gasteiger partial charge in [0, 0.05) is 6.54 Å². The summed E-state index contributed by atoms with van der Waals surface area (Å²) >= 11 is 3.27. The summed E-state index contributed by atoms with van der Waals surface area (Å²) in [7, 11) is 0. The Balaban J connectivity index is 1.85. The largest absolute Gasteiger partial charge is 0.457 e. The summed E-state index contributed by atoms with van der Waals surface area (Å²) in [6.07, 6.45) is 1.56. The molecule has 3 rings (SSSR count). The maximum absolute atomic E-state index is 5.35. The highest BCUT2D eigenvalue weighted by Gasteiger charge is 2.22. The first-order valence-corrected chi connectivity index (χ1v) is 6.02. The molecule has 0 radical (unpaired) electrons. The van der Waals surface area contributed by atoms with Crippen LogP contribution in [0.25, 0.3) is 11.5 Å². The van der Waals surface area contributed by atoms with Gasteiger partial charge in [0.1, 0.15) is 0 Å². The molecule has 1 unspecified atom stereocenters. The molecule has 1 atom stereocenters. The number of hydrogen-bond donors (Lipinski definition) is 1. The van der Waals surface area contributed by atoms with Crippen LogP contribution in [-0.4, -0.2) is 29.9 Å². The smallest absolute Gasteiger partial charge is 0.262 e. The summed E-state index contributed by atoms with van der Waals surface area (Å²) in [6, 6.07) is 1.76. The molecule has 0 aromatic carbocycles. The van der Waals surface area contributed by atoms with Crippen LogP contribution in [0.15, 0.2) is 25.9 Å². The van der Waals surface area contributed by atoms with Gasteiger partial charge in [-0.25, -0.2) is 0 Å². The standard InChI is InChI=1S/C10H10BrN3O3/c11-8-6(1-3-16-8)10-13-9(14-17-10)7-5-15-4-2-12-7/h1,3,7,12H,2,4-5H2. The number of hydrogen-bond acceptors (Lipinski definition) is 6. The summed E-state index contributed by atoms with van der Waals surface area (Å²) in [5.74, 6) is 1.04. The first-order chi connectivity index (χ1) is 8.34. The molecule has 0 aliphatic carbocycles. The van der Waals surface area contributed by atoms with Crippen LogP contribution in [0.3, 0.4) is 0 Å². The number of furan rings is 1. The third-order valence-corrected chi connectivity index (χ3v) is 3.14. The monoisotopic (exact) mass is 299 g/mol. The van der Waals surface area contributed by atoms with Crippen molar-refractivity contribution in [3.8, 4) is 11.5 Å². The number of nitrogens with one attached hydrogen (secondary N) is 1. The minimum Gasteiger partial charge on any atom is -0.457 e. The molecule has 2 aromatic heterocycles. The number of nitrogens with zero attached hydrogens (tertiary/aromatic N) is 2. The van der Waals surface area contributed by atoms with Crippen LogP contribution < -0.4 is 5.32 Å². The SMILES string of the molecule is Brc1occc1-c1nc(C2COCCN2)no1. The van der Waals surface area contributed by atoms with E-state index in [1.165, 1.54) is 0 Å². The van der Waals surface area contributed by atoms with Gasteiger partial charge in [0.2, 0.25) is 0 Å². The molecule has 2 aromatic rings. The van der Waals surface area contributed by atoms with Crippen molar-refractivity contribution < 1.29 is 13.7 Å². The lowest BCUT2D eigenvalue weighted by atomic mass is 10.2. The minimum absolute atomic E-state index is 0.00748. The molecule has 17 heavy (non-hydrogen) atoms. The molecule has 1 aliphatic rings. The van der Waals surface area contributed by atoms with Crippen LogP contribution in [0.1, 0.15) is 11.9 Å². The Morgan fingerprint density at radius 1 is 1.47 bits per heavy atom.